The highest BCUT2D eigenvalue weighted by Crippen LogP contribution is 2.25. The zero-order chi connectivity index (χ0) is 15.1. The van der Waals surface area contributed by atoms with Crippen LogP contribution in [0.3, 0.4) is 0 Å². The molecule has 0 unspecified atom stereocenters. The second-order valence-corrected chi connectivity index (χ2v) is 6.27. The number of benzene rings is 1. The van der Waals surface area contributed by atoms with Gasteiger partial charge in [0.15, 0.2) is 15.5 Å². The molecular weight excluding hydrogens is 287 g/mol. The number of carboxylic acid groups (broad SMARTS) is 1. The van der Waals surface area contributed by atoms with Crippen molar-refractivity contribution in [3.63, 3.8) is 0 Å². The summed E-state index contributed by atoms with van der Waals surface area (Å²) in [7, 11) is -2.02. The van der Waals surface area contributed by atoms with Crippen LogP contribution in [0.5, 0.6) is 0 Å². The van der Waals surface area contributed by atoms with Crippen molar-refractivity contribution in [2.24, 2.45) is 7.05 Å². The van der Waals surface area contributed by atoms with E-state index in [9.17, 15) is 17.6 Å². The second kappa shape index (κ2) is 4.71. The zero-order valence-electron chi connectivity index (χ0n) is 10.7. The minimum atomic E-state index is -3.50. The van der Waals surface area contributed by atoms with Crippen LogP contribution in [0.15, 0.2) is 29.2 Å². The molecule has 0 saturated heterocycles. The van der Waals surface area contributed by atoms with E-state index in [0.29, 0.717) is 0 Å². The maximum absolute atomic E-state index is 14.0. The lowest BCUT2D eigenvalue weighted by Gasteiger charge is -2.05. The van der Waals surface area contributed by atoms with Crippen molar-refractivity contribution in [3.8, 4) is 11.3 Å². The first-order valence-corrected chi connectivity index (χ1v) is 7.36. The number of sulfone groups is 1. The van der Waals surface area contributed by atoms with E-state index in [2.05, 4.69) is 5.10 Å². The van der Waals surface area contributed by atoms with Gasteiger partial charge in [0, 0.05) is 18.9 Å². The zero-order valence-corrected chi connectivity index (χ0v) is 11.5. The fraction of sp³-hybridized carbons (Fsp3) is 0.167. The van der Waals surface area contributed by atoms with Gasteiger partial charge in [-0.15, -0.1) is 0 Å². The molecule has 2 aromatic rings. The van der Waals surface area contributed by atoms with Gasteiger partial charge in [0.1, 0.15) is 5.82 Å². The Morgan fingerprint density at radius 2 is 2.00 bits per heavy atom. The number of aromatic carboxylic acids is 1. The van der Waals surface area contributed by atoms with Gasteiger partial charge in [0.25, 0.3) is 0 Å². The summed E-state index contributed by atoms with van der Waals surface area (Å²) in [6, 6.07) is 4.68. The topological polar surface area (TPSA) is 89.3 Å². The number of carboxylic acids is 1. The van der Waals surface area contributed by atoms with Crippen LogP contribution in [0, 0.1) is 5.82 Å². The molecule has 1 N–H and O–H groups in total. The summed E-state index contributed by atoms with van der Waals surface area (Å²) in [4.78, 5) is 10.7. The van der Waals surface area contributed by atoms with E-state index in [1.165, 1.54) is 29.9 Å². The summed E-state index contributed by atoms with van der Waals surface area (Å²) in [5.74, 6) is -1.98. The highest BCUT2D eigenvalue weighted by molar-refractivity contribution is 7.90. The molecule has 0 amide bonds. The second-order valence-electron chi connectivity index (χ2n) is 4.26. The van der Waals surface area contributed by atoms with Gasteiger partial charge in [-0.25, -0.2) is 17.6 Å². The van der Waals surface area contributed by atoms with Crippen LogP contribution in [0.25, 0.3) is 11.3 Å². The van der Waals surface area contributed by atoms with Crippen molar-refractivity contribution in [1.29, 1.82) is 0 Å². The molecule has 0 spiro atoms. The fourth-order valence-electron chi connectivity index (χ4n) is 1.76. The third kappa shape index (κ3) is 2.55. The third-order valence-corrected chi connectivity index (χ3v) is 3.85. The van der Waals surface area contributed by atoms with Gasteiger partial charge in [-0.05, 0) is 24.3 Å². The number of aromatic nitrogens is 2. The lowest BCUT2D eigenvalue weighted by molar-refractivity contribution is 0.0689. The van der Waals surface area contributed by atoms with Gasteiger partial charge >= 0.3 is 5.97 Å². The minimum Gasteiger partial charge on any atom is -0.476 e. The van der Waals surface area contributed by atoms with E-state index < -0.39 is 21.6 Å². The Hall–Kier alpha value is -2.22. The Morgan fingerprint density at radius 3 is 2.45 bits per heavy atom. The number of halogens is 1. The van der Waals surface area contributed by atoms with Crippen molar-refractivity contribution in [3.05, 3.63) is 35.8 Å². The van der Waals surface area contributed by atoms with Gasteiger partial charge in [0.2, 0.25) is 0 Å². The summed E-state index contributed by atoms with van der Waals surface area (Å²) < 4.78 is 37.9. The summed E-state index contributed by atoms with van der Waals surface area (Å²) in [6.45, 7) is 0. The van der Waals surface area contributed by atoms with Crippen molar-refractivity contribution in [2.75, 3.05) is 6.26 Å². The monoisotopic (exact) mass is 298 g/mol. The van der Waals surface area contributed by atoms with Crippen LogP contribution in [0.4, 0.5) is 4.39 Å². The number of aryl methyl sites for hydroxylation is 1. The first-order chi connectivity index (χ1) is 9.20. The molecule has 106 valence electrons. The fourth-order valence-corrected chi connectivity index (χ4v) is 2.39. The first kappa shape index (κ1) is 14.2. The molecule has 8 heteroatoms. The third-order valence-electron chi connectivity index (χ3n) is 2.74. The van der Waals surface area contributed by atoms with Gasteiger partial charge in [-0.2, -0.15) is 5.10 Å². The van der Waals surface area contributed by atoms with Crippen LogP contribution in [0.2, 0.25) is 0 Å². The Kier molecular flexibility index (Phi) is 3.34. The van der Waals surface area contributed by atoms with Crippen LogP contribution in [0.1, 0.15) is 10.5 Å². The summed E-state index contributed by atoms with van der Waals surface area (Å²) >= 11 is 0. The van der Waals surface area contributed by atoms with Gasteiger partial charge in [0.05, 0.1) is 10.6 Å². The van der Waals surface area contributed by atoms with Crippen LogP contribution in [-0.2, 0) is 16.9 Å². The Labute approximate surface area is 114 Å². The molecule has 1 aromatic carbocycles. The molecular formula is C12H11FN2O4S. The molecule has 20 heavy (non-hydrogen) atoms. The number of carbonyl (C=O) groups is 1. The van der Waals surface area contributed by atoms with Gasteiger partial charge < -0.3 is 5.11 Å². The average molecular weight is 298 g/mol. The van der Waals surface area contributed by atoms with E-state index in [4.69, 9.17) is 5.11 Å². The van der Waals surface area contributed by atoms with Crippen LogP contribution < -0.4 is 0 Å². The van der Waals surface area contributed by atoms with E-state index in [-0.39, 0.29) is 21.8 Å². The molecule has 0 bridgehead atoms. The molecule has 0 aliphatic rings. The van der Waals surface area contributed by atoms with Crippen LogP contribution in [-0.4, -0.2) is 35.5 Å². The number of hydrogen-bond acceptors (Lipinski definition) is 4. The minimum absolute atomic E-state index is 0.0832. The number of rotatable bonds is 3. The Morgan fingerprint density at radius 1 is 1.35 bits per heavy atom. The van der Waals surface area contributed by atoms with E-state index in [1.54, 1.807) is 0 Å². The molecule has 6 nitrogen and oxygen atoms in total. The number of nitrogens with zero attached hydrogens (tertiary/aromatic N) is 2. The summed E-state index contributed by atoms with van der Waals surface area (Å²) in [5, 5.41) is 12.6. The molecule has 0 aliphatic carbocycles. The highest BCUT2D eigenvalue weighted by atomic mass is 32.2. The molecule has 0 radical (unpaired) electrons. The predicted octanol–water partition coefficient (Wildman–Crippen LogP) is 1.33. The largest absolute Gasteiger partial charge is 0.476 e. The molecule has 0 saturated carbocycles. The van der Waals surface area contributed by atoms with Gasteiger partial charge in [-0.3, -0.25) is 4.68 Å². The average Bonchev–Trinajstić information content (AvgIpc) is 2.70. The normalized spacial score (nSPS) is 11.6. The van der Waals surface area contributed by atoms with E-state index >= 15 is 0 Å². The molecule has 0 atom stereocenters. The first-order valence-electron chi connectivity index (χ1n) is 5.47. The number of hydrogen-bond donors (Lipinski definition) is 1. The van der Waals surface area contributed by atoms with E-state index in [0.717, 1.165) is 12.3 Å². The van der Waals surface area contributed by atoms with Crippen molar-refractivity contribution in [2.45, 2.75) is 4.90 Å². The molecule has 2 rings (SSSR count). The SMILES string of the molecule is Cn1nc(C(=O)O)cc1-c1ccc(S(C)(=O)=O)cc1F. The Bertz CT molecular complexity index is 796. The highest BCUT2D eigenvalue weighted by Gasteiger charge is 2.17. The quantitative estimate of drug-likeness (QED) is 0.923. The van der Waals surface area contributed by atoms with E-state index in [1.807, 2.05) is 0 Å². The van der Waals surface area contributed by atoms with Crippen molar-refractivity contribution < 1.29 is 22.7 Å². The summed E-state index contributed by atoms with van der Waals surface area (Å²) in [6.07, 6.45) is 0.980. The predicted molar refractivity (Wildman–Crippen MR) is 68.7 cm³/mol. The van der Waals surface area contributed by atoms with Crippen molar-refractivity contribution >= 4 is 15.8 Å². The molecule has 0 aliphatic heterocycles. The maximum atomic E-state index is 14.0. The maximum Gasteiger partial charge on any atom is 0.356 e. The van der Waals surface area contributed by atoms with Crippen LogP contribution >= 0.6 is 0 Å². The lowest BCUT2D eigenvalue weighted by atomic mass is 10.1. The Balaban J connectivity index is 2.57. The van der Waals surface area contributed by atoms with Crippen molar-refractivity contribution in [1.82, 2.24) is 9.78 Å². The molecule has 1 heterocycles. The molecule has 0 fully saturated rings. The molecule has 1 aromatic heterocycles. The smallest absolute Gasteiger partial charge is 0.356 e. The summed E-state index contributed by atoms with van der Waals surface area (Å²) in [5.41, 5.74) is 0.119. The standard InChI is InChI=1S/C12H11FN2O4S/c1-15-11(6-10(14-15)12(16)17)8-4-3-7(5-9(8)13)20(2,18)19/h3-6H,1-2H3,(H,16,17). The van der Waals surface area contributed by atoms with Gasteiger partial charge in [-0.1, -0.05) is 0 Å². The lowest BCUT2D eigenvalue weighted by Crippen LogP contribution is -2.01.